The van der Waals surface area contributed by atoms with Crippen LogP contribution in [0.4, 0.5) is 4.79 Å². The number of carbonyl (C=O) groups excluding carboxylic acids is 3. The van der Waals surface area contributed by atoms with Crippen LogP contribution in [-0.2, 0) is 19.6 Å². The van der Waals surface area contributed by atoms with E-state index in [9.17, 15) is 22.8 Å². The number of nitrogens with one attached hydrogen (secondary N) is 2. The van der Waals surface area contributed by atoms with Gasteiger partial charge in [0.25, 0.3) is 5.91 Å². The second kappa shape index (κ2) is 7.83. The summed E-state index contributed by atoms with van der Waals surface area (Å²) >= 11 is 0. The molecular weight excluding hydrogens is 362 g/mol. The topological polar surface area (TPSA) is 122 Å². The third-order valence-electron chi connectivity index (χ3n) is 3.53. The van der Waals surface area contributed by atoms with Gasteiger partial charge in [0.15, 0.2) is 6.10 Å². The number of hydrogen-bond acceptors (Lipinski definition) is 6. The molecule has 1 aromatic rings. The highest BCUT2D eigenvalue weighted by Gasteiger charge is 2.32. The molecule has 26 heavy (non-hydrogen) atoms. The SMILES string of the molecule is CC(C)NS(=O)(=O)c1cccc(C(=O)O[C@@H](C)C(=O)N2CCNC2=O)c1. The summed E-state index contributed by atoms with van der Waals surface area (Å²) in [5, 5.41) is 2.48. The first kappa shape index (κ1) is 19.9. The van der Waals surface area contributed by atoms with E-state index < -0.39 is 34.0 Å². The van der Waals surface area contributed by atoms with E-state index in [1.807, 2.05) is 0 Å². The van der Waals surface area contributed by atoms with Crippen molar-refractivity contribution in [1.82, 2.24) is 14.9 Å². The van der Waals surface area contributed by atoms with Gasteiger partial charge in [-0.25, -0.2) is 22.7 Å². The van der Waals surface area contributed by atoms with Crippen LogP contribution in [0.1, 0.15) is 31.1 Å². The predicted molar refractivity (Wildman–Crippen MR) is 91.9 cm³/mol. The molecule has 0 aliphatic carbocycles. The second-order valence-electron chi connectivity index (χ2n) is 6.07. The molecule has 1 saturated heterocycles. The van der Waals surface area contributed by atoms with E-state index in [0.29, 0.717) is 6.54 Å². The quantitative estimate of drug-likeness (QED) is 0.689. The number of sulfonamides is 1. The van der Waals surface area contributed by atoms with Crippen molar-refractivity contribution in [3.63, 3.8) is 0 Å². The van der Waals surface area contributed by atoms with E-state index in [0.717, 1.165) is 4.90 Å². The van der Waals surface area contributed by atoms with Crippen LogP contribution in [-0.4, -0.2) is 56.5 Å². The lowest BCUT2D eigenvalue weighted by Gasteiger charge is -2.18. The number of nitrogens with zero attached hydrogens (tertiary/aromatic N) is 1. The number of rotatable bonds is 6. The van der Waals surface area contributed by atoms with Gasteiger partial charge in [0, 0.05) is 19.1 Å². The molecule has 1 heterocycles. The van der Waals surface area contributed by atoms with Crippen molar-refractivity contribution in [3.05, 3.63) is 29.8 Å². The molecule has 0 saturated carbocycles. The fourth-order valence-electron chi connectivity index (χ4n) is 2.35. The summed E-state index contributed by atoms with van der Waals surface area (Å²) in [7, 11) is -3.77. The van der Waals surface area contributed by atoms with Crippen LogP contribution in [0.3, 0.4) is 0 Å². The van der Waals surface area contributed by atoms with Crippen LogP contribution in [0.15, 0.2) is 29.2 Å². The van der Waals surface area contributed by atoms with Gasteiger partial charge in [0.2, 0.25) is 10.0 Å². The minimum atomic E-state index is -3.77. The summed E-state index contributed by atoms with van der Waals surface area (Å²) in [6.07, 6.45) is -1.18. The maximum absolute atomic E-state index is 12.2. The molecule has 1 fully saturated rings. The zero-order valence-electron chi connectivity index (χ0n) is 14.7. The first-order valence-corrected chi connectivity index (χ1v) is 9.52. The molecule has 1 aliphatic heterocycles. The molecule has 0 spiro atoms. The van der Waals surface area contributed by atoms with Crippen molar-refractivity contribution in [3.8, 4) is 0 Å². The lowest BCUT2D eigenvalue weighted by Crippen LogP contribution is -2.41. The predicted octanol–water partition coefficient (Wildman–Crippen LogP) is 0.470. The molecule has 2 N–H and O–H groups in total. The molecule has 1 aliphatic rings. The van der Waals surface area contributed by atoms with Gasteiger partial charge in [-0.05, 0) is 39.0 Å². The van der Waals surface area contributed by atoms with E-state index in [-0.39, 0.29) is 23.0 Å². The molecule has 0 aromatic heterocycles. The van der Waals surface area contributed by atoms with Gasteiger partial charge < -0.3 is 10.1 Å². The Morgan fingerprint density at radius 2 is 1.96 bits per heavy atom. The van der Waals surface area contributed by atoms with Crippen molar-refractivity contribution >= 4 is 27.9 Å². The van der Waals surface area contributed by atoms with Crippen LogP contribution in [0.2, 0.25) is 0 Å². The zero-order chi connectivity index (χ0) is 19.5. The molecule has 9 nitrogen and oxygen atoms in total. The minimum Gasteiger partial charge on any atom is -0.449 e. The fraction of sp³-hybridized carbons (Fsp3) is 0.438. The molecule has 0 bridgehead atoms. The summed E-state index contributed by atoms with van der Waals surface area (Å²) in [6.45, 7) is 5.25. The van der Waals surface area contributed by atoms with E-state index in [4.69, 9.17) is 4.74 Å². The maximum Gasteiger partial charge on any atom is 0.338 e. The van der Waals surface area contributed by atoms with E-state index in [2.05, 4.69) is 10.0 Å². The number of ether oxygens (including phenoxy) is 1. The summed E-state index contributed by atoms with van der Waals surface area (Å²) < 4.78 is 31.9. The van der Waals surface area contributed by atoms with E-state index in [1.54, 1.807) is 13.8 Å². The Morgan fingerprint density at radius 3 is 2.54 bits per heavy atom. The van der Waals surface area contributed by atoms with Gasteiger partial charge in [-0.3, -0.25) is 9.69 Å². The third kappa shape index (κ3) is 4.58. The largest absolute Gasteiger partial charge is 0.449 e. The van der Waals surface area contributed by atoms with E-state index in [1.165, 1.54) is 31.2 Å². The lowest BCUT2D eigenvalue weighted by molar-refractivity contribution is -0.136. The van der Waals surface area contributed by atoms with Crippen molar-refractivity contribution in [2.24, 2.45) is 0 Å². The molecule has 3 amide bonds. The molecule has 10 heteroatoms. The average molecular weight is 383 g/mol. The van der Waals surface area contributed by atoms with Crippen LogP contribution in [0, 0.1) is 0 Å². The molecule has 142 valence electrons. The van der Waals surface area contributed by atoms with Crippen LogP contribution < -0.4 is 10.0 Å². The monoisotopic (exact) mass is 383 g/mol. The Morgan fingerprint density at radius 1 is 1.27 bits per heavy atom. The highest BCUT2D eigenvalue weighted by atomic mass is 32.2. The number of benzene rings is 1. The van der Waals surface area contributed by atoms with Gasteiger partial charge in [0.1, 0.15) is 0 Å². The molecular formula is C16H21N3O6S. The summed E-state index contributed by atoms with van der Waals surface area (Å²) in [5.41, 5.74) is -0.0119. The van der Waals surface area contributed by atoms with Crippen molar-refractivity contribution < 1.29 is 27.5 Å². The summed E-state index contributed by atoms with van der Waals surface area (Å²) in [4.78, 5) is 36.8. The smallest absolute Gasteiger partial charge is 0.338 e. The standard InChI is InChI=1S/C16H21N3O6S/c1-10(2)18-26(23,24)13-6-4-5-12(9-13)15(21)25-11(3)14(20)19-8-7-17-16(19)22/h4-6,9-11,18H,7-8H2,1-3H3,(H,17,22)/t11-/m0/s1. The van der Waals surface area contributed by atoms with Gasteiger partial charge >= 0.3 is 12.0 Å². The molecule has 0 radical (unpaired) electrons. The third-order valence-corrected chi connectivity index (χ3v) is 5.18. The molecule has 0 unspecified atom stereocenters. The lowest BCUT2D eigenvalue weighted by atomic mass is 10.2. The number of imide groups is 1. The fourth-order valence-corrected chi connectivity index (χ4v) is 3.65. The van der Waals surface area contributed by atoms with Gasteiger partial charge in [-0.15, -0.1) is 0 Å². The first-order chi connectivity index (χ1) is 12.1. The van der Waals surface area contributed by atoms with E-state index >= 15 is 0 Å². The highest BCUT2D eigenvalue weighted by Crippen LogP contribution is 2.14. The zero-order valence-corrected chi connectivity index (χ0v) is 15.5. The number of hydrogen-bond donors (Lipinski definition) is 2. The van der Waals surface area contributed by atoms with Crippen molar-refractivity contribution in [1.29, 1.82) is 0 Å². The van der Waals surface area contributed by atoms with Crippen LogP contribution in [0.5, 0.6) is 0 Å². The van der Waals surface area contributed by atoms with Gasteiger partial charge in [-0.1, -0.05) is 6.07 Å². The van der Waals surface area contributed by atoms with Crippen molar-refractivity contribution in [2.75, 3.05) is 13.1 Å². The minimum absolute atomic E-state index is 0.0119. The van der Waals surface area contributed by atoms with Crippen LogP contribution >= 0.6 is 0 Å². The summed E-state index contributed by atoms with van der Waals surface area (Å²) in [6, 6.07) is 4.48. The summed E-state index contributed by atoms with van der Waals surface area (Å²) in [5.74, 6) is -1.49. The normalized spacial score (nSPS) is 15.7. The van der Waals surface area contributed by atoms with Crippen molar-refractivity contribution in [2.45, 2.75) is 37.8 Å². The highest BCUT2D eigenvalue weighted by molar-refractivity contribution is 7.89. The molecule has 1 atom stereocenters. The number of esters is 1. The first-order valence-electron chi connectivity index (χ1n) is 8.04. The Bertz CT molecular complexity index is 821. The maximum atomic E-state index is 12.2. The van der Waals surface area contributed by atoms with Gasteiger partial charge in [0.05, 0.1) is 10.5 Å². The van der Waals surface area contributed by atoms with Gasteiger partial charge in [-0.2, -0.15) is 0 Å². The molecule has 1 aromatic carbocycles. The molecule has 2 rings (SSSR count). The number of amides is 3. The Kier molecular flexibility index (Phi) is 5.98. The second-order valence-corrected chi connectivity index (χ2v) is 7.79. The number of carbonyl (C=O) groups is 3. The average Bonchev–Trinajstić information content (AvgIpc) is 2.99. The van der Waals surface area contributed by atoms with Crippen LogP contribution in [0.25, 0.3) is 0 Å². The Balaban J connectivity index is 2.11. The number of urea groups is 1. The Labute approximate surface area is 151 Å². The Hall–Kier alpha value is -2.46.